The highest BCUT2D eigenvalue weighted by Gasteiger charge is 2.29. The van der Waals surface area contributed by atoms with Crippen molar-refractivity contribution in [2.75, 3.05) is 13.3 Å². The third kappa shape index (κ3) is 1.99. The second-order valence-corrected chi connectivity index (χ2v) is 5.31. The first kappa shape index (κ1) is 10.9. The molecule has 4 nitrogen and oxygen atoms in total. The van der Waals surface area contributed by atoms with Crippen LogP contribution in [-0.4, -0.2) is 29.0 Å². The van der Waals surface area contributed by atoms with Gasteiger partial charge in [-0.25, -0.2) is 0 Å². The van der Waals surface area contributed by atoms with Gasteiger partial charge in [0.1, 0.15) is 0 Å². The molecule has 0 saturated carbocycles. The number of likely N-dealkylation sites (tertiary alicyclic amines) is 1. The summed E-state index contributed by atoms with van der Waals surface area (Å²) >= 11 is 3.37. The zero-order valence-corrected chi connectivity index (χ0v) is 10.8. The van der Waals surface area contributed by atoms with Gasteiger partial charge in [-0.3, -0.25) is 4.79 Å². The average Bonchev–Trinajstić information content (AvgIpc) is 2.90. The fourth-order valence-corrected chi connectivity index (χ4v) is 2.61. The Morgan fingerprint density at radius 1 is 1.35 bits per heavy atom. The summed E-state index contributed by atoms with van der Waals surface area (Å²) < 4.78 is 10.6. The average molecular weight is 298 g/mol. The number of hydrogen-bond donors (Lipinski definition) is 0. The van der Waals surface area contributed by atoms with Crippen LogP contribution in [0.15, 0.2) is 18.2 Å². The molecule has 0 bridgehead atoms. The van der Waals surface area contributed by atoms with E-state index in [1.165, 1.54) is 0 Å². The Balaban J connectivity index is 1.75. The van der Waals surface area contributed by atoms with Crippen molar-refractivity contribution in [2.24, 2.45) is 0 Å². The lowest BCUT2D eigenvalue weighted by atomic mass is 10.2. The summed E-state index contributed by atoms with van der Waals surface area (Å²) in [5.41, 5.74) is 1.07. The number of hydrogen-bond acceptors (Lipinski definition) is 3. The Labute approximate surface area is 108 Å². The molecule has 0 aliphatic carbocycles. The second kappa shape index (κ2) is 4.22. The highest BCUT2D eigenvalue weighted by atomic mass is 79.9. The lowest BCUT2D eigenvalue weighted by Crippen LogP contribution is -2.26. The summed E-state index contributed by atoms with van der Waals surface area (Å²) in [6, 6.07) is 5.81. The molecule has 3 rings (SSSR count). The number of benzene rings is 1. The summed E-state index contributed by atoms with van der Waals surface area (Å²) in [5, 5.41) is 0. The van der Waals surface area contributed by atoms with Crippen molar-refractivity contribution in [2.45, 2.75) is 17.8 Å². The number of halogens is 1. The van der Waals surface area contributed by atoms with E-state index < -0.39 is 0 Å². The lowest BCUT2D eigenvalue weighted by Gasteiger charge is -2.15. The minimum Gasteiger partial charge on any atom is -0.454 e. The predicted octanol–water partition coefficient (Wildman–Crippen LogP) is 1.91. The van der Waals surface area contributed by atoms with Crippen molar-refractivity contribution in [3.05, 3.63) is 23.8 Å². The molecule has 1 saturated heterocycles. The number of fused-ring (bicyclic) bond motifs is 1. The third-order valence-electron chi connectivity index (χ3n) is 3.04. The van der Waals surface area contributed by atoms with E-state index >= 15 is 0 Å². The maximum absolute atomic E-state index is 11.8. The molecule has 1 unspecified atom stereocenters. The van der Waals surface area contributed by atoms with Crippen molar-refractivity contribution in [3.63, 3.8) is 0 Å². The van der Waals surface area contributed by atoms with E-state index in [0.717, 1.165) is 30.0 Å². The molecule has 1 atom stereocenters. The Bertz CT molecular complexity index is 463. The van der Waals surface area contributed by atoms with Crippen LogP contribution < -0.4 is 9.47 Å². The van der Waals surface area contributed by atoms with Crippen LogP contribution in [0.25, 0.3) is 0 Å². The van der Waals surface area contributed by atoms with Crippen molar-refractivity contribution >= 4 is 21.8 Å². The van der Waals surface area contributed by atoms with Crippen molar-refractivity contribution in [3.8, 4) is 11.5 Å². The van der Waals surface area contributed by atoms with Crippen molar-refractivity contribution < 1.29 is 14.3 Å². The van der Waals surface area contributed by atoms with Gasteiger partial charge in [0.05, 0.1) is 4.83 Å². The van der Waals surface area contributed by atoms with Gasteiger partial charge < -0.3 is 14.4 Å². The van der Waals surface area contributed by atoms with E-state index in [-0.39, 0.29) is 17.5 Å². The Kier molecular flexibility index (Phi) is 2.70. The second-order valence-electron chi connectivity index (χ2n) is 4.20. The highest BCUT2D eigenvalue weighted by molar-refractivity contribution is 9.10. The van der Waals surface area contributed by atoms with Crippen LogP contribution in [0, 0.1) is 0 Å². The van der Waals surface area contributed by atoms with Crippen LogP contribution in [0.3, 0.4) is 0 Å². The van der Waals surface area contributed by atoms with Crippen molar-refractivity contribution in [1.82, 2.24) is 4.90 Å². The van der Waals surface area contributed by atoms with Gasteiger partial charge in [-0.1, -0.05) is 22.0 Å². The lowest BCUT2D eigenvalue weighted by molar-refractivity contribution is -0.127. The minimum atomic E-state index is -0.0171. The van der Waals surface area contributed by atoms with E-state index in [9.17, 15) is 4.79 Å². The standard InChI is InChI=1S/C12H12BrNO3/c13-9-3-4-14(12(9)15)6-8-1-2-10-11(5-8)17-7-16-10/h1-2,5,9H,3-4,6-7H2. The topological polar surface area (TPSA) is 38.8 Å². The van der Waals surface area contributed by atoms with Crippen LogP contribution >= 0.6 is 15.9 Å². The molecule has 0 aromatic heterocycles. The number of rotatable bonds is 2. The first-order valence-corrected chi connectivity index (χ1v) is 6.47. The monoisotopic (exact) mass is 297 g/mol. The molecule has 1 amide bonds. The van der Waals surface area contributed by atoms with E-state index in [1.54, 1.807) is 0 Å². The van der Waals surface area contributed by atoms with Gasteiger partial charge in [-0.2, -0.15) is 0 Å². The van der Waals surface area contributed by atoms with E-state index in [1.807, 2.05) is 23.1 Å². The molecule has 1 aromatic rings. The van der Waals surface area contributed by atoms with Gasteiger partial charge in [0.15, 0.2) is 11.5 Å². The number of alkyl halides is 1. The zero-order valence-electron chi connectivity index (χ0n) is 9.19. The maximum atomic E-state index is 11.8. The van der Waals surface area contributed by atoms with Gasteiger partial charge in [-0.05, 0) is 24.1 Å². The summed E-state index contributed by atoms with van der Waals surface area (Å²) in [4.78, 5) is 13.6. The van der Waals surface area contributed by atoms with Gasteiger partial charge >= 0.3 is 0 Å². The fraction of sp³-hybridized carbons (Fsp3) is 0.417. The fourth-order valence-electron chi connectivity index (χ4n) is 2.12. The molecule has 17 heavy (non-hydrogen) atoms. The van der Waals surface area contributed by atoms with Gasteiger partial charge in [0.25, 0.3) is 0 Å². The molecule has 0 spiro atoms. The summed E-state index contributed by atoms with van der Waals surface area (Å²) in [6.45, 7) is 1.73. The number of amides is 1. The third-order valence-corrected chi connectivity index (χ3v) is 3.89. The normalized spacial score (nSPS) is 22.3. The molecular formula is C12H12BrNO3. The molecule has 2 aliphatic rings. The van der Waals surface area contributed by atoms with Crippen molar-refractivity contribution in [1.29, 1.82) is 0 Å². The molecule has 1 aromatic carbocycles. The Hall–Kier alpha value is -1.23. The zero-order chi connectivity index (χ0) is 11.8. The SMILES string of the molecule is O=C1C(Br)CCN1Cc1ccc2c(c1)OCO2. The molecular weight excluding hydrogens is 286 g/mol. The molecule has 5 heteroatoms. The van der Waals surface area contributed by atoms with E-state index in [0.29, 0.717) is 6.54 Å². The van der Waals surface area contributed by atoms with E-state index in [2.05, 4.69) is 15.9 Å². The highest BCUT2D eigenvalue weighted by Crippen LogP contribution is 2.33. The van der Waals surface area contributed by atoms with Gasteiger partial charge in [0, 0.05) is 13.1 Å². The first-order valence-electron chi connectivity index (χ1n) is 5.55. The van der Waals surface area contributed by atoms with Crippen LogP contribution in [0.1, 0.15) is 12.0 Å². The number of carbonyl (C=O) groups is 1. The molecule has 0 N–H and O–H groups in total. The minimum absolute atomic E-state index is 0.0171. The predicted molar refractivity (Wildman–Crippen MR) is 65.3 cm³/mol. The van der Waals surface area contributed by atoms with Gasteiger partial charge in [-0.15, -0.1) is 0 Å². The summed E-state index contributed by atoms with van der Waals surface area (Å²) in [7, 11) is 0. The molecule has 2 aliphatic heterocycles. The number of nitrogens with zero attached hydrogens (tertiary/aromatic N) is 1. The van der Waals surface area contributed by atoms with Gasteiger partial charge in [0.2, 0.25) is 12.7 Å². The molecule has 1 fully saturated rings. The Morgan fingerprint density at radius 2 is 2.18 bits per heavy atom. The van der Waals surface area contributed by atoms with Crippen LogP contribution in [0.5, 0.6) is 11.5 Å². The van der Waals surface area contributed by atoms with E-state index in [4.69, 9.17) is 9.47 Å². The van der Waals surface area contributed by atoms with Crippen LogP contribution in [-0.2, 0) is 11.3 Å². The largest absolute Gasteiger partial charge is 0.454 e. The number of ether oxygens (including phenoxy) is 2. The first-order chi connectivity index (χ1) is 8.24. The Morgan fingerprint density at radius 3 is 2.94 bits per heavy atom. The maximum Gasteiger partial charge on any atom is 0.236 e. The molecule has 90 valence electrons. The summed E-state index contributed by atoms with van der Waals surface area (Å²) in [5.74, 6) is 1.71. The van der Waals surface area contributed by atoms with Crippen LogP contribution in [0.4, 0.5) is 0 Å². The smallest absolute Gasteiger partial charge is 0.236 e. The summed E-state index contributed by atoms with van der Waals surface area (Å²) in [6.07, 6.45) is 0.878. The quantitative estimate of drug-likeness (QED) is 0.783. The number of carbonyl (C=O) groups excluding carboxylic acids is 1. The molecule has 2 heterocycles. The molecule has 0 radical (unpaired) electrons. The van der Waals surface area contributed by atoms with Crippen LogP contribution in [0.2, 0.25) is 0 Å².